The van der Waals surface area contributed by atoms with Gasteiger partial charge in [-0.05, 0) is 12.1 Å². The lowest BCUT2D eigenvalue weighted by atomic mass is 10.2. The van der Waals surface area contributed by atoms with Crippen LogP contribution in [-0.2, 0) is 0 Å². The van der Waals surface area contributed by atoms with Gasteiger partial charge in [-0.15, -0.1) is 0 Å². The number of hydrogen-bond acceptors (Lipinski definition) is 5. The minimum absolute atomic E-state index is 0.00383. The maximum absolute atomic E-state index is 8.86. The Morgan fingerprint density at radius 3 is 2.31 bits per heavy atom. The molecule has 0 saturated heterocycles. The van der Waals surface area contributed by atoms with E-state index in [1.54, 1.807) is 17.0 Å². The highest BCUT2D eigenvalue weighted by atomic mass is 16.3. The maximum Gasteiger partial charge on any atom is 0.128 e. The van der Waals surface area contributed by atoms with Crippen LogP contribution in [0.25, 0.3) is 0 Å². The number of amidine groups is 1. The number of nitrogens with two attached hydrogens (primary N) is 1. The van der Waals surface area contributed by atoms with Crippen molar-refractivity contribution in [1.29, 1.82) is 5.41 Å². The molecule has 0 aliphatic rings. The van der Waals surface area contributed by atoms with Gasteiger partial charge < -0.3 is 20.8 Å². The molecule has 0 amide bonds. The van der Waals surface area contributed by atoms with Crippen molar-refractivity contribution in [3.8, 4) is 0 Å². The summed E-state index contributed by atoms with van der Waals surface area (Å²) in [4.78, 5) is 5.87. The Hall–Kier alpha value is -1.66. The summed E-state index contributed by atoms with van der Waals surface area (Å²) in [5.74, 6) is 0.614. The first-order valence-corrected chi connectivity index (χ1v) is 4.96. The lowest BCUT2D eigenvalue weighted by Crippen LogP contribution is -2.30. The Bertz CT molecular complexity index is 333. The van der Waals surface area contributed by atoms with Crippen LogP contribution >= 0.6 is 0 Å². The van der Waals surface area contributed by atoms with Crippen LogP contribution < -0.4 is 10.6 Å². The molecule has 6 heteroatoms. The van der Waals surface area contributed by atoms with Crippen LogP contribution in [0.3, 0.4) is 0 Å². The summed E-state index contributed by atoms with van der Waals surface area (Å²) in [6, 6.07) is 3.40. The number of aliphatic hydroxyl groups excluding tert-OH is 2. The highest BCUT2D eigenvalue weighted by Crippen LogP contribution is 2.10. The first kappa shape index (κ1) is 12.4. The fourth-order valence-electron chi connectivity index (χ4n) is 1.31. The van der Waals surface area contributed by atoms with Gasteiger partial charge in [0.25, 0.3) is 0 Å². The Labute approximate surface area is 93.8 Å². The van der Waals surface area contributed by atoms with E-state index in [0.29, 0.717) is 24.5 Å². The van der Waals surface area contributed by atoms with Gasteiger partial charge >= 0.3 is 0 Å². The van der Waals surface area contributed by atoms with Gasteiger partial charge in [0.1, 0.15) is 11.7 Å². The van der Waals surface area contributed by atoms with E-state index in [4.69, 9.17) is 21.4 Å². The van der Waals surface area contributed by atoms with E-state index in [0.717, 1.165) is 0 Å². The summed E-state index contributed by atoms with van der Waals surface area (Å²) in [7, 11) is 0. The standard InChI is InChI=1S/C10H16N4O2/c11-10(12)8-1-2-9(13-7-8)14(3-5-15)4-6-16/h1-2,7,15-16H,3-6H2,(H3,11,12). The van der Waals surface area contributed by atoms with Gasteiger partial charge in [0, 0.05) is 24.8 Å². The van der Waals surface area contributed by atoms with Crippen molar-refractivity contribution >= 4 is 11.7 Å². The zero-order valence-corrected chi connectivity index (χ0v) is 8.93. The molecule has 1 aromatic heterocycles. The lowest BCUT2D eigenvalue weighted by molar-refractivity contribution is 0.280. The van der Waals surface area contributed by atoms with E-state index >= 15 is 0 Å². The molecule has 0 fully saturated rings. The van der Waals surface area contributed by atoms with Crippen LogP contribution in [0.15, 0.2) is 18.3 Å². The fourth-order valence-corrected chi connectivity index (χ4v) is 1.31. The average molecular weight is 224 g/mol. The molecule has 0 spiro atoms. The third kappa shape index (κ3) is 3.18. The monoisotopic (exact) mass is 224 g/mol. The number of aromatic nitrogens is 1. The third-order valence-electron chi connectivity index (χ3n) is 2.12. The van der Waals surface area contributed by atoms with Crippen molar-refractivity contribution in [2.24, 2.45) is 5.73 Å². The molecule has 1 aromatic rings. The van der Waals surface area contributed by atoms with E-state index in [1.165, 1.54) is 6.20 Å². The number of pyridine rings is 1. The zero-order valence-electron chi connectivity index (χ0n) is 8.93. The highest BCUT2D eigenvalue weighted by molar-refractivity contribution is 5.94. The van der Waals surface area contributed by atoms with E-state index < -0.39 is 0 Å². The van der Waals surface area contributed by atoms with E-state index in [2.05, 4.69) is 4.98 Å². The predicted molar refractivity (Wildman–Crippen MR) is 61.6 cm³/mol. The molecular formula is C10H16N4O2. The molecule has 0 radical (unpaired) electrons. The summed E-state index contributed by atoms with van der Waals surface area (Å²) < 4.78 is 0. The van der Waals surface area contributed by atoms with Gasteiger partial charge in [-0.3, -0.25) is 5.41 Å². The molecule has 0 saturated carbocycles. The van der Waals surface area contributed by atoms with Crippen molar-refractivity contribution in [3.05, 3.63) is 23.9 Å². The number of rotatable bonds is 6. The Morgan fingerprint density at radius 2 is 1.94 bits per heavy atom. The Morgan fingerprint density at radius 1 is 1.31 bits per heavy atom. The molecule has 6 nitrogen and oxygen atoms in total. The maximum atomic E-state index is 8.86. The quantitative estimate of drug-likeness (QED) is 0.372. The first-order chi connectivity index (χ1) is 7.69. The van der Waals surface area contributed by atoms with Gasteiger partial charge in [-0.25, -0.2) is 4.98 Å². The number of nitrogen functional groups attached to an aromatic ring is 1. The Balaban J connectivity index is 2.80. The normalized spacial score (nSPS) is 10.1. The van der Waals surface area contributed by atoms with Crippen LogP contribution in [0.4, 0.5) is 5.82 Å². The highest BCUT2D eigenvalue weighted by Gasteiger charge is 2.06. The Kier molecular flexibility index (Phi) is 4.68. The first-order valence-electron chi connectivity index (χ1n) is 4.96. The smallest absolute Gasteiger partial charge is 0.128 e. The fraction of sp³-hybridized carbons (Fsp3) is 0.400. The zero-order chi connectivity index (χ0) is 12.0. The number of nitrogens with one attached hydrogen (secondary N) is 1. The molecule has 88 valence electrons. The summed E-state index contributed by atoms with van der Waals surface area (Å²) in [5, 5.41) is 24.9. The van der Waals surface area contributed by atoms with Gasteiger partial charge in [0.05, 0.1) is 13.2 Å². The van der Waals surface area contributed by atoms with Crippen LogP contribution in [0.2, 0.25) is 0 Å². The molecule has 5 N–H and O–H groups in total. The molecule has 0 aliphatic heterocycles. The summed E-state index contributed by atoms with van der Waals surface area (Å²) in [6.45, 7) is 0.812. The van der Waals surface area contributed by atoms with Gasteiger partial charge in [-0.2, -0.15) is 0 Å². The number of nitrogens with zero attached hydrogens (tertiary/aromatic N) is 2. The van der Waals surface area contributed by atoms with E-state index in [9.17, 15) is 0 Å². The van der Waals surface area contributed by atoms with E-state index in [-0.39, 0.29) is 19.0 Å². The van der Waals surface area contributed by atoms with E-state index in [1.807, 2.05) is 0 Å². The second kappa shape index (κ2) is 6.04. The predicted octanol–water partition coefficient (Wildman–Crippen LogP) is -0.843. The van der Waals surface area contributed by atoms with Crippen LogP contribution in [-0.4, -0.2) is 47.3 Å². The lowest BCUT2D eigenvalue weighted by Gasteiger charge is -2.21. The van der Waals surface area contributed by atoms with Crippen molar-refractivity contribution in [2.45, 2.75) is 0 Å². The molecule has 16 heavy (non-hydrogen) atoms. The summed E-state index contributed by atoms with van der Waals surface area (Å²) in [6.07, 6.45) is 1.50. The third-order valence-corrected chi connectivity index (χ3v) is 2.12. The number of hydrogen-bond donors (Lipinski definition) is 4. The van der Waals surface area contributed by atoms with Crippen molar-refractivity contribution < 1.29 is 10.2 Å². The molecule has 0 bridgehead atoms. The number of anilines is 1. The molecular weight excluding hydrogens is 208 g/mol. The van der Waals surface area contributed by atoms with Crippen LogP contribution in [0.1, 0.15) is 5.56 Å². The minimum Gasteiger partial charge on any atom is -0.395 e. The average Bonchev–Trinajstić information content (AvgIpc) is 2.29. The molecule has 1 rings (SSSR count). The van der Waals surface area contributed by atoms with Gasteiger partial charge in [-0.1, -0.05) is 0 Å². The van der Waals surface area contributed by atoms with Crippen molar-refractivity contribution in [3.63, 3.8) is 0 Å². The van der Waals surface area contributed by atoms with Crippen molar-refractivity contribution in [1.82, 2.24) is 4.98 Å². The SMILES string of the molecule is N=C(N)c1ccc(N(CCO)CCO)nc1. The van der Waals surface area contributed by atoms with Crippen LogP contribution in [0.5, 0.6) is 0 Å². The summed E-state index contributed by atoms with van der Waals surface area (Å²) >= 11 is 0. The largest absolute Gasteiger partial charge is 0.395 e. The van der Waals surface area contributed by atoms with Gasteiger partial charge in [0.15, 0.2) is 0 Å². The molecule has 0 aromatic carbocycles. The topological polar surface area (TPSA) is 106 Å². The molecule has 1 heterocycles. The van der Waals surface area contributed by atoms with Gasteiger partial charge in [0.2, 0.25) is 0 Å². The van der Waals surface area contributed by atoms with Crippen molar-refractivity contribution in [2.75, 3.05) is 31.2 Å². The second-order valence-corrected chi connectivity index (χ2v) is 3.25. The second-order valence-electron chi connectivity index (χ2n) is 3.25. The number of aliphatic hydroxyl groups is 2. The van der Waals surface area contributed by atoms with Crippen LogP contribution in [0, 0.1) is 5.41 Å². The minimum atomic E-state index is -0.0325. The molecule has 0 aliphatic carbocycles. The summed E-state index contributed by atoms with van der Waals surface area (Å²) in [5.41, 5.74) is 5.86. The molecule has 0 atom stereocenters. The molecule has 0 unspecified atom stereocenters.